The quantitative estimate of drug-likeness (QED) is 0.394. The van der Waals surface area contributed by atoms with Gasteiger partial charge in [-0.15, -0.1) is 0 Å². The molecule has 5 nitrogen and oxygen atoms in total. The van der Waals surface area contributed by atoms with Crippen molar-refractivity contribution < 1.29 is 4.92 Å². The van der Waals surface area contributed by atoms with Crippen LogP contribution in [-0.4, -0.2) is 27.4 Å². The maximum atomic E-state index is 12.4. The molecule has 0 spiro atoms. The fourth-order valence-corrected chi connectivity index (χ4v) is 4.97. The molecule has 3 atom stereocenters. The molecule has 2 heterocycles. The highest BCUT2D eigenvalue weighted by atomic mass is 79.9. The highest BCUT2D eigenvalue weighted by molar-refractivity contribution is 9.10. The van der Waals surface area contributed by atoms with Crippen LogP contribution in [0.5, 0.6) is 0 Å². The molecule has 1 aliphatic heterocycles. The van der Waals surface area contributed by atoms with Crippen molar-refractivity contribution in [1.29, 1.82) is 0 Å². The number of piperidine rings is 1. The second kappa shape index (κ2) is 8.84. The van der Waals surface area contributed by atoms with Crippen LogP contribution in [-0.2, 0) is 6.54 Å². The normalized spacial score (nSPS) is 22.3. The van der Waals surface area contributed by atoms with E-state index in [0.29, 0.717) is 6.54 Å². The van der Waals surface area contributed by atoms with Crippen molar-refractivity contribution in [3.8, 4) is 0 Å². The van der Waals surface area contributed by atoms with Gasteiger partial charge in [0, 0.05) is 34.9 Å². The maximum absolute atomic E-state index is 12.4. The molecule has 0 bridgehead atoms. The van der Waals surface area contributed by atoms with Gasteiger partial charge in [-0.3, -0.25) is 20.0 Å². The summed E-state index contributed by atoms with van der Waals surface area (Å²) in [4.78, 5) is 18.7. The third-order valence-corrected chi connectivity index (χ3v) is 6.38. The highest BCUT2D eigenvalue weighted by Crippen LogP contribution is 2.43. The third kappa shape index (κ3) is 4.23. The van der Waals surface area contributed by atoms with Crippen LogP contribution in [0, 0.1) is 10.1 Å². The minimum absolute atomic E-state index is 0.0861. The molecule has 1 aromatic heterocycles. The molecule has 0 saturated carbocycles. The molecule has 0 amide bonds. The first kappa shape index (κ1) is 19.7. The number of rotatable bonds is 5. The predicted octanol–water partition coefficient (Wildman–Crippen LogP) is 5.22. The van der Waals surface area contributed by atoms with Crippen LogP contribution in [0.25, 0.3) is 0 Å². The minimum atomic E-state index is -0.735. The first-order chi connectivity index (χ1) is 14.1. The maximum Gasteiger partial charge on any atom is 0.239 e. The van der Waals surface area contributed by atoms with E-state index in [-0.39, 0.29) is 16.9 Å². The van der Waals surface area contributed by atoms with Crippen molar-refractivity contribution >= 4 is 15.9 Å². The molecule has 1 saturated heterocycles. The lowest BCUT2D eigenvalue weighted by Gasteiger charge is -2.41. The van der Waals surface area contributed by atoms with Gasteiger partial charge in [0.25, 0.3) is 0 Å². The van der Waals surface area contributed by atoms with Gasteiger partial charge in [-0.05, 0) is 35.2 Å². The van der Waals surface area contributed by atoms with E-state index in [2.05, 4.69) is 25.8 Å². The number of aromatic nitrogens is 1. The SMILES string of the molecule is O=[N+]([O-])[C@@H]1[C@@H](c2ccccc2)N(Cc2cccnc2)CC[C@H]1c1ccccc1Br. The minimum Gasteiger partial charge on any atom is -0.286 e. The Balaban J connectivity index is 1.76. The molecule has 0 aliphatic carbocycles. The number of nitrogens with zero attached hydrogens (tertiary/aromatic N) is 3. The fourth-order valence-electron chi connectivity index (χ4n) is 4.39. The number of halogens is 1. The lowest BCUT2D eigenvalue weighted by Crippen LogP contribution is -2.48. The van der Waals surface area contributed by atoms with E-state index in [0.717, 1.165) is 34.1 Å². The lowest BCUT2D eigenvalue weighted by atomic mass is 9.78. The van der Waals surface area contributed by atoms with Gasteiger partial charge < -0.3 is 0 Å². The Morgan fingerprint density at radius 2 is 1.83 bits per heavy atom. The second-order valence-corrected chi connectivity index (χ2v) is 8.23. The molecule has 29 heavy (non-hydrogen) atoms. The summed E-state index contributed by atoms with van der Waals surface area (Å²) >= 11 is 3.61. The molecule has 1 aliphatic rings. The van der Waals surface area contributed by atoms with Crippen molar-refractivity contribution in [1.82, 2.24) is 9.88 Å². The van der Waals surface area contributed by atoms with Gasteiger partial charge in [-0.1, -0.05) is 70.5 Å². The molecular formula is C23H22BrN3O2. The van der Waals surface area contributed by atoms with Crippen LogP contribution in [0.3, 0.4) is 0 Å². The Bertz CT molecular complexity index is 968. The zero-order valence-electron chi connectivity index (χ0n) is 15.9. The number of nitro groups is 1. The standard InChI is InChI=1S/C23H22BrN3O2/c24-21-11-5-4-10-19(21)20-12-14-26(16-17-7-6-13-25-15-17)22(23(20)27(28)29)18-8-2-1-3-9-18/h1-11,13,15,20,22-23H,12,14,16H2/t20-,22+,23-/m0/s1. The Labute approximate surface area is 178 Å². The third-order valence-electron chi connectivity index (χ3n) is 5.65. The molecule has 1 fully saturated rings. The molecule has 0 N–H and O–H groups in total. The average Bonchev–Trinajstić information content (AvgIpc) is 2.75. The molecule has 6 heteroatoms. The summed E-state index contributed by atoms with van der Waals surface area (Å²) in [6.07, 6.45) is 4.32. The summed E-state index contributed by atoms with van der Waals surface area (Å²) in [5.41, 5.74) is 3.06. The first-order valence-electron chi connectivity index (χ1n) is 9.71. The Kier molecular flexibility index (Phi) is 6.02. The number of pyridine rings is 1. The summed E-state index contributed by atoms with van der Waals surface area (Å²) in [6, 6.07) is 20.6. The van der Waals surface area contributed by atoms with Crippen LogP contribution in [0.4, 0.5) is 0 Å². The summed E-state index contributed by atoms with van der Waals surface area (Å²) in [6.45, 7) is 1.42. The molecule has 4 rings (SSSR count). The molecule has 2 aromatic carbocycles. The van der Waals surface area contributed by atoms with Gasteiger partial charge in [-0.2, -0.15) is 0 Å². The summed E-state index contributed by atoms with van der Waals surface area (Å²) in [5.74, 6) is -0.157. The number of likely N-dealkylation sites (tertiary alicyclic amines) is 1. The largest absolute Gasteiger partial charge is 0.286 e. The van der Waals surface area contributed by atoms with Crippen molar-refractivity contribution in [3.63, 3.8) is 0 Å². The predicted molar refractivity (Wildman–Crippen MR) is 116 cm³/mol. The van der Waals surface area contributed by atoms with Gasteiger partial charge in [0.05, 0.1) is 5.92 Å². The summed E-state index contributed by atoms with van der Waals surface area (Å²) < 4.78 is 0.935. The van der Waals surface area contributed by atoms with E-state index in [1.54, 1.807) is 6.20 Å². The Hall–Kier alpha value is -2.57. The van der Waals surface area contributed by atoms with Gasteiger partial charge in [0.15, 0.2) is 0 Å². The molecule has 148 valence electrons. The van der Waals surface area contributed by atoms with Crippen LogP contribution < -0.4 is 0 Å². The topological polar surface area (TPSA) is 59.3 Å². The highest BCUT2D eigenvalue weighted by Gasteiger charge is 2.47. The van der Waals surface area contributed by atoms with E-state index < -0.39 is 6.04 Å². The van der Waals surface area contributed by atoms with Crippen molar-refractivity contribution in [2.75, 3.05) is 6.54 Å². The Morgan fingerprint density at radius 1 is 1.07 bits per heavy atom. The zero-order valence-corrected chi connectivity index (χ0v) is 17.5. The molecular weight excluding hydrogens is 430 g/mol. The Morgan fingerprint density at radius 3 is 2.52 bits per heavy atom. The van der Waals surface area contributed by atoms with Crippen LogP contribution in [0.15, 0.2) is 83.6 Å². The van der Waals surface area contributed by atoms with Crippen molar-refractivity contribution in [2.45, 2.75) is 31.0 Å². The van der Waals surface area contributed by atoms with E-state index in [4.69, 9.17) is 0 Å². The van der Waals surface area contributed by atoms with Gasteiger partial charge in [0.1, 0.15) is 6.04 Å². The molecule has 0 radical (unpaired) electrons. The zero-order chi connectivity index (χ0) is 20.2. The van der Waals surface area contributed by atoms with Crippen LogP contribution >= 0.6 is 15.9 Å². The second-order valence-electron chi connectivity index (χ2n) is 7.38. The molecule has 0 unspecified atom stereocenters. The van der Waals surface area contributed by atoms with Crippen molar-refractivity contribution in [2.24, 2.45) is 0 Å². The lowest BCUT2D eigenvalue weighted by molar-refractivity contribution is -0.540. The smallest absolute Gasteiger partial charge is 0.239 e. The number of benzene rings is 2. The van der Waals surface area contributed by atoms with Crippen LogP contribution in [0.1, 0.15) is 35.1 Å². The van der Waals surface area contributed by atoms with Gasteiger partial charge in [0.2, 0.25) is 6.04 Å². The summed E-state index contributed by atoms with van der Waals surface area (Å²) in [5, 5.41) is 12.4. The van der Waals surface area contributed by atoms with Crippen molar-refractivity contribution in [3.05, 3.63) is 110 Å². The van der Waals surface area contributed by atoms with E-state index >= 15 is 0 Å². The number of hydrogen-bond acceptors (Lipinski definition) is 4. The number of hydrogen-bond donors (Lipinski definition) is 0. The van der Waals surface area contributed by atoms with E-state index in [1.165, 1.54) is 0 Å². The first-order valence-corrected chi connectivity index (χ1v) is 10.5. The summed E-state index contributed by atoms with van der Waals surface area (Å²) in [7, 11) is 0. The van der Waals surface area contributed by atoms with E-state index in [9.17, 15) is 10.1 Å². The van der Waals surface area contributed by atoms with Crippen LogP contribution in [0.2, 0.25) is 0 Å². The van der Waals surface area contributed by atoms with Gasteiger partial charge >= 0.3 is 0 Å². The van der Waals surface area contributed by atoms with E-state index in [1.807, 2.05) is 72.9 Å². The van der Waals surface area contributed by atoms with Gasteiger partial charge in [-0.25, -0.2) is 0 Å². The fraction of sp³-hybridized carbons (Fsp3) is 0.261. The monoisotopic (exact) mass is 451 g/mol. The average molecular weight is 452 g/mol. The molecule has 3 aromatic rings.